The lowest BCUT2D eigenvalue weighted by Gasteiger charge is -2.39. The first-order valence-electron chi connectivity index (χ1n) is 8.69. The lowest BCUT2D eigenvalue weighted by Crippen LogP contribution is -2.58. The highest BCUT2D eigenvalue weighted by Crippen LogP contribution is 2.26. The summed E-state index contributed by atoms with van der Waals surface area (Å²) in [6.45, 7) is 7.81. The van der Waals surface area contributed by atoms with Crippen molar-refractivity contribution in [3.05, 3.63) is 29.6 Å². The number of hydrogen-bond donors (Lipinski definition) is 2. The molecule has 1 saturated heterocycles. The van der Waals surface area contributed by atoms with Crippen molar-refractivity contribution in [3.8, 4) is 5.75 Å². The Labute approximate surface area is 149 Å². The minimum absolute atomic E-state index is 0.0669. The minimum Gasteiger partial charge on any atom is -0.497 e. The number of amides is 1. The number of methoxy groups -OCH3 is 1. The predicted molar refractivity (Wildman–Crippen MR) is 94.9 cm³/mol. The van der Waals surface area contributed by atoms with Gasteiger partial charge >= 0.3 is 0 Å². The molecule has 0 radical (unpaired) electrons. The Balaban J connectivity index is 2.06. The van der Waals surface area contributed by atoms with E-state index in [9.17, 15) is 14.3 Å². The van der Waals surface area contributed by atoms with Crippen LogP contribution in [0.2, 0.25) is 0 Å². The van der Waals surface area contributed by atoms with Gasteiger partial charge in [0.05, 0.1) is 7.11 Å². The standard InChI is InChI=1S/C19H29FN2O3/c1-18(2,3)12-21-13-19(24)8-5-9-22(17(19)23)11-14-10-15(25-4)6-7-16(14)20/h6-7,10,21,24H,5,8-9,11-13H2,1-4H3/t19-/m0/s1. The average Bonchev–Trinajstić information content (AvgIpc) is 2.53. The lowest BCUT2D eigenvalue weighted by atomic mass is 9.90. The molecule has 1 amide bonds. The van der Waals surface area contributed by atoms with Crippen LogP contribution in [0, 0.1) is 11.2 Å². The van der Waals surface area contributed by atoms with E-state index >= 15 is 0 Å². The van der Waals surface area contributed by atoms with Crippen molar-refractivity contribution >= 4 is 5.91 Å². The maximum atomic E-state index is 14.0. The number of carbonyl (C=O) groups is 1. The number of hydrogen-bond acceptors (Lipinski definition) is 4. The third-order valence-electron chi connectivity index (χ3n) is 4.39. The summed E-state index contributed by atoms with van der Waals surface area (Å²) in [6, 6.07) is 4.47. The van der Waals surface area contributed by atoms with Crippen LogP contribution in [0.3, 0.4) is 0 Å². The maximum Gasteiger partial charge on any atom is 0.256 e. The van der Waals surface area contributed by atoms with Crippen molar-refractivity contribution in [2.45, 2.75) is 45.8 Å². The van der Waals surface area contributed by atoms with E-state index < -0.39 is 5.60 Å². The first-order chi connectivity index (χ1) is 11.6. The van der Waals surface area contributed by atoms with Crippen LogP contribution < -0.4 is 10.1 Å². The topological polar surface area (TPSA) is 61.8 Å². The molecule has 0 aromatic heterocycles. The highest BCUT2D eigenvalue weighted by molar-refractivity contribution is 5.86. The number of nitrogens with zero attached hydrogens (tertiary/aromatic N) is 1. The van der Waals surface area contributed by atoms with E-state index in [0.29, 0.717) is 37.2 Å². The van der Waals surface area contributed by atoms with Crippen molar-refractivity contribution < 1.29 is 19.0 Å². The zero-order valence-electron chi connectivity index (χ0n) is 15.6. The fourth-order valence-electron chi connectivity index (χ4n) is 3.03. The molecule has 5 nitrogen and oxygen atoms in total. The van der Waals surface area contributed by atoms with Crippen LogP contribution in [0.4, 0.5) is 4.39 Å². The molecule has 0 saturated carbocycles. The summed E-state index contributed by atoms with van der Waals surface area (Å²) in [7, 11) is 1.52. The summed E-state index contributed by atoms with van der Waals surface area (Å²) in [5.41, 5.74) is -0.976. The van der Waals surface area contributed by atoms with Gasteiger partial charge < -0.3 is 20.1 Å². The van der Waals surface area contributed by atoms with Crippen LogP contribution in [0.1, 0.15) is 39.2 Å². The van der Waals surface area contributed by atoms with E-state index in [2.05, 4.69) is 26.1 Å². The quantitative estimate of drug-likeness (QED) is 0.825. The molecule has 1 atom stereocenters. The molecule has 0 unspecified atom stereocenters. The normalized spacial score (nSPS) is 21.5. The third-order valence-corrected chi connectivity index (χ3v) is 4.39. The monoisotopic (exact) mass is 352 g/mol. The molecule has 0 aliphatic carbocycles. The number of nitrogens with one attached hydrogen (secondary N) is 1. The van der Waals surface area contributed by atoms with Crippen molar-refractivity contribution in [2.24, 2.45) is 5.41 Å². The first kappa shape index (κ1) is 19.7. The SMILES string of the molecule is COc1ccc(F)c(CN2CCC[C@](O)(CNCC(C)(C)C)C2=O)c1. The second-order valence-corrected chi connectivity index (χ2v) is 7.98. The number of ether oxygens (including phenoxy) is 1. The summed E-state index contributed by atoms with van der Waals surface area (Å²) in [5, 5.41) is 14.0. The number of halogens is 1. The third kappa shape index (κ3) is 5.16. The van der Waals surface area contributed by atoms with Crippen molar-refractivity contribution in [1.82, 2.24) is 10.2 Å². The Bertz CT molecular complexity index is 615. The molecule has 1 aromatic rings. The van der Waals surface area contributed by atoms with Gasteiger partial charge in [0.2, 0.25) is 0 Å². The van der Waals surface area contributed by atoms with E-state index in [4.69, 9.17) is 4.74 Å². The van der Waals surface area contributed by atoms with E-state index in [1.54, 1.807) is 12.1 Å². The van der Waals surface area contributed by atoms with E-state index in [0.717, 1.165) is 0 Å². The van der Waals surface area contributed by atoms with E-state index in [1.807, 2.05) is 0 Å². The molecule has 1 fully saturated rings. The molecule has 6 heteroatoms. The van der Waals surface area contributed by atoms with Gasteiger partial charge in [-0.2, -0.15) is 0 Å². The smallest absolute Gasteiger partial charge is 0.256 e. The molecular formula is C19H29FN2O3. The molecule has 1 aliphatic heterocycles. The van der Waals surface area contributed by atoms with Crippen LogP contribution in [0.25, 0.3) is 0 Å². The Morgan fingerprint density at radius 2 is 2.12 bits per heavy atom. The molecule has 1 aliphatic rings. The summed E-state index contributed by atoms with van der Waals surface area (Å²) in [6.07, 6.45) is 1.10. The number of aliphatic hydroxyl groups is 1. The van der Waals surface area contributed by atoms with Crippen LogP contribution in [-0.2, 0) is 11.3 Å². The molecule has 1 heterocycles. The number of carbonyl (C=O) groups excluding carboxylic acids is 1. The highest BCUT2D eigenvalue weighted by atomic mass is 19.1. The summed E-state index contributed by atoms with van der Waals surface area (Å²) in [5.74, 6) is -0.182. The zero-order chi connectivity index (χ0) is 18.7. The molecule has 0 spiro atoms. The Kier molecular flexibility index (Phi) is 6.06. The van der Waals surface area contributed by atoms with E-state index in [-0.39, 0.29) is 30.2 Å². The van der Waals surface area contributed by atoms with Crippen molar-refractivity contribution in [3.63, 3.8) is 0 Å². The molecule has 2 N–H and O–H groups in total. The van der Waals surface area contributed by atoms with Crippen LogP contribution in [-0.4, -0.2) is 48.3 Å². The Hall–Kier alpha value is -1.66. The van der Waals surface area contributed by atoms with Crippen LogP contribution in [0.5, 0.6) is 5.75 Å². The van der Waals surface area contributed by atoms with Gasteiger partial charge in [0, 0.05) is 31.7 Å². The number of piperidine rings is 1. The van der Waals surface area contributed by atoms with Crippen LogP contribution >= 0.6 is 0 Å². The van der Waals surface area contributed by atoms with Gasteiger partial charge in [-0.3, -0.25) is 4.79 Å². The fourth-order valence-corrected chi connectivity index (χ4v) is 3.03. The van der Waals surface area contributed by atoms with Crippen LogP contribution in [0.15, 0.2) is 18.2 Å². The first-order valence-corrected chi connectivity index (χ1v) is 8.69. The molecule has 0 bridgehead atoms. The van der Waals surface area contributed by atoms with Gasteiger partial charge in [0.15, 0.2) is 5.60 Å². The largest absolute Gasteiger partial charge is 0.497 e. The van der Waals surface area contributed by atoms with Gasteiger partial charge in [-0.15, -0.1) is 0 Å². The molecule has 2 rings (SSSR count). The number of rotatable bonds is 6. The van der Waals surface area contributed by atoms with Gasteiger partial charge in [-0.1, -0.05) is 20.8 Å². The second kappa shape index (κ2) is 7.70. The van der Waals surface area contributed by atoms with Gasteiger partial charge in [0.1, 0.15) is 11.6 Å². The average molecular weight is 352 g/mol. The lowest BCUT2D eigenvalue weighted by molar-refractivity contribution is -0.157. The van der Waals surface area contributed by atoms with E-state index in [1.165, 1.54) is 18.1 Å². The minimum atomic E-state index is -1.43. The Morgan fingerprint density at radius 1 is 1.40 bits per heavy atom. The highest BCUT2D eigenvalue weighted by Gasteiger charge is 2.42. The zero-order valence-corrected chi connectivity index (χ0v) is 15.6. The molecule has 1 aromatic carbocycles. The predicted octanol–water partition coefficient (Wildman–Crippen LogP) is 2.32. The van der Waals surface area contributed by atoms with Gasteiger partial charge in [-0.05, 0) is 36.5 Å². The fraction of sp³-hybridized carbons (Fsp3) is 0.632. The van der Waals surface area contributed by atoms with Crippen molar-refractivity contribution in [1.29, 1.82) is 0 Å². The summed E-state index contributed by atoms with van der Waals surface area (Å²) in [4.78, 5) is 14.3. The molecular weight excluding hydrogens is 323 g/mol. The number of benzene rings is 1. The van der Waals surface area contributed by atoms with Crippen molar-refractivity contribution in [2.75, 3.05) is 26.7 Å². The maximum absolute atomic E-state index is 14.0. The number of likely N-dealkylation sites (tertiary alicyclic amines) is 1. The molecule has 25 heavy (non-hydrogen) atoms. The second-order valence-electron chi connectivity index (χ2n) is 7.98. The summed E-state index contributed by atoms with van der Waals surface area (Å²) >= 11 is 0. The van der Waals surface area contributed by atoms with Gasteiger partial charge in [0.25, 0.3) is 5.91 Å². The summed E-state index contributed by atoms with van der Waals surface area (Å²) < 4.78 is 19.2. The Morgan fingerprint density at radius 3 is 2.76 bits per heavy atom. The van der Waals surface area contributed by atoms with Gasteiger partial charge in [-0.25, -0.2) is 4.39 Å². The molecule has 140 valence electrons.